The lowest BCUT2D eigenvalue weighted by Gasteiger charge is -2.25. The van der Waals surface area contributed by atoms with Gasteiger partial charge in [-0.25, -0.2) is 0 Å². The van der Waals surface area contributed by atoms with Gasteiger partial charge >= 0.3 is 5.97 Å². The first kappa shape index (κ1) is 20.1. The average molecular weight is 381 g/mol. The summed E-state index contributed by atoms with van der Waals surface area (Å²) in [4.78, 5) is 23.4. The van der Waals surface area contributed by atoms with E-state index in [0.29, 0.717) is 45.4 Å². The van der Waals surface area contributed by atoms with Crippen LogP contribution in [0.1, 0.15) is 42.4 Å². The lowest BCUT2D eigenvalue weighted by atomic mass is 9.81. The van der Waals surface area contributed by atoms with Crippen LogP contribution in [0.4, 0.5) is 0 Å². The number of carboxylic acid groups (broad SMARTS) is 1. The maximum Gasteiger partial charge on any atom is 0.306 e. The number of hydrogen-bond acceptors (Lipinski definition) is 3. The van der Waals surface area contributed by atoms with Crippen LogP contribution in [0.3, 0.4) is 0 Å². The zero-order valence-corrected chi connectivity index (χ0v) is 16.0. The van der Waals surface area contributed by atoms with E-state index in [9.17, 15) is 9.59 Å². The molecule has 0 saturated heterocycles. The number of benzene rings is 2. The number of aliphatic carboxylic acids is 1. The van der Waals surface area contributed by atoms with Crippen molar-refractivity contribution in [3.05, 3.63) is 71.3 Å². The van der Waals surface area contributed by atoms with Gasteiger partial charge in [-0.05, 0) is 42.4 Å². The molecule has 1 saturated carbocycles. The topological polar surface area (TPSA) is 75.6 Å². The summed E-state index contributed by atoms with van der Waals surface area (Å²) in [6.07, 6.45) is 2.47. The van der Waals surface area contributed by atoms with E-state index in [1.807, 2.05) is 54.6 Å². The van der Waals surface area contributed by atoms with E-state index in [-0.39, 0.29) is 17.7 Å². The van der Waals surface area contributed by atoms with Gasteiger partial charge in [-0.15, -0.1) is 0 Å². The van der Waals surface area contributed by atoms with Crippen molar-refractivity contribution in [1.29, 1.82) is 0 Å². The molecule has 5 nitrogen and oxygen atoms in total. The van der Waals surface area contributed by atoms with Crippen molar-refractivity contribution < 1.29 is 19.4 Å². The molecule has 0 spiro atoms. The standard InChI is InChI=1S/C23H27NO4/c25-22(20-9-11-21(12-10-20)23(26)27)24-14-18-7-4-8-19(13-18)16-28-15-17-5-2-1-3-6-17/h1-8,13,20-21H,9-12,14-16H2,(H,24,25)(H,26,27). The molecule has 2 aromatic carbocycles. The van der Waals surface area contributed by atoms with Gasteiger partial charge in [0.25, 0.3) is 0 Å². The Hall–Kier alpha value is -2.66. The fourth-order valence-electron chi connectivity index (χ4n) is 3.63. The van der Waals surface area contributed by atoms with Gasteiger partial charge in [0.05, 0.1) is 19.1 Å². The fraction of sp³-hybridized carbons (Fsp3) is 0.391. The minimum Gasteiger partial charge on any atom is -0.481 e. The fourth-order valence-corrected chi connectivity index (χ4v) is 3.63. The molecule has 2 N–H and O–H groups in total. The highest BCUT2D eigenvalue weighted by molar-refractivity contribution is 5.79. The Morgan fingerprint density at radius 1 is 0.857 bits per heavy atom. The quantitative estimate of drug-likeness (QED) is 0.727. The second-order valence-corrected chi connectivity index (χ2v) is 7.40. The third-order valence-electron chi connectivity index (χ3n) is 5.29. The smallest absolute Gasteiger partial charge is 0.306 e. The molecule has 0 heterocycles. The Bertz CT molecular complexity index is 782. The second-order valence-electron chi connectivity index (χ2n) is 7.40. The van der Waals surface area contributed by atoms with Crippen molar-refractivity contribution in [3.63, 3.8) is 0 Å². The predicted octanol–water partition coefficient (Wildman–Crippen LogP) is 3.91. The molecule has 1 fully saturated rings. The summed E-state index contributed by atoms with van der Waals surface area (Å²) in [5.74, 6) is -1.09. The lowest BCUT2D eigenvalue weighted by molar-refractivity contribution is -0.144. The second kappa shape index (κ2) is 10.0. The Kier molecular flexibility index (Phi) is 7.20. The van der Waals surface area contributed by atoms with Crippen LogP contribution >= 0.6 is 0 Å². The van der Waals surface area contributed by atoms with Crippen molar-refractivity contribution in [2.75, 3.05) is 0 Å². The number of amides is 1. The number of carboxylic acids is 1. The Morgan fingerprint density at radius 2 is 1.46 bits per heavy atom. The van der Waals surface area contributed by atoms with Crippen LogP contribution in [0, 0.1) is 11.8 Å². The third-order valence-corrected chi connectivity index (χ3v) is 5.29. The average Bonchev–Trinajstić information content (AvgIpc) is 2.73. The molecule has 1 aliphatic carbocycles. The molecule has 0 aromatic heterocycles. The van der Waals surface area contributed by atoms with Crippen molar-refractivity contribution in [1.82, 2.24) is 5.32 Å². The normalized spacial score (nSPS) is 19.1. The minimum absolute atomic E-state index is 0.0227. The summed E-state index contributed by atoms with van der Waals surface area (Å²) in [5, 5.41) is 12.1. The maximum absolute atomic E-state index is 12.4. The van der Waals surface area contributed by atoms with E-state index in [2.05, 4.69) is 5.32 Å². The zero-order chi connectivity index (χ0) is 19.8. The largest absolute Gasteiger partial charge is 0.481 e. The van der Waals surface area contributed by atoms with E-state index in [1.165, 1.54) is 0 Å². The highest BCUT2D eigenvalue weighted by atomic mass is 16.5. The molecule has 3 rings (SSSR count). The van der Waals surface area contributed by atoms with Crippen molar-refractivity contribution in [2.45, 2.75) is 45.4 Å². The highest BCUT2D eigenvalue weighted by Crippen LogP contribution is 2.29. The molecule has 0 bridgehead atoms. The van der Waals surface area contributed by atoms with Crippen LogP contribution < -0.4 is 5.32 Å². The maximum atomic E-state index is 12.4. The molecule has 148 valence electrons. The van der Waals surface area contributed by atoms with Gasteiger partial charge < -0.3 is 15.2 Å². The molecule has 1 aliphatic rings. The van der Waals surface area contributed by atoms with E-state index in [0.717, 1.165) is 16.7 Å². The lowest BCUT2D eigenvalue weighted by Crippen LogP contribution is -2.34. The minimum atomic E-state index is -0.745. The predicted molar refractivity (Wildman–Crippen MR) is 106 cm³/mol. The number of nitrogens with one attached hydrogen (secondary N) is 1. The SMILES string of the molecule is O=C(O)C1CCC(C(=O)NCc2cccc(COCc3ccccc3)c2)CC1. The first-order valence-electron chi connectivity index (χ1n) is 9.82. The van der Waals surface area contributed by atoms with E-state index in [1.54, 1.807) is 0 Å². The van der Waals surface area contributed by atoms with Crippen molar-refractivity contribution in [3.8, 4) is 0 Å². The number of hydrogen-bond donors (Lipinski definition) is 2. The van der Waals surface area contributed by atoms with E-state index in [4.69, 9.17) is 9.84 Å². The number of carbonyl (C=O) groups is 2. The van der Waals surface area contributed by atoms with E-state index < -0.39 is 5.97 Å². The Morgan fingerprint density at radius 3 is 2.18 bits per heavy atom. The number of carbonyl (C=O) groups excluding carboxylic acids is 1. The Balaban J connectivity index is 1.43. The first-order chi connectivity index (χ1) is 13.6. The van der Waals surface area contributed by atoms with E-state index >= 15 is 0 Å². The van der Waals surface area contributed by atoms with Gasteiger partial charge in [0, 0.05) is 12.5 Å². The molecular weight excluding hydrogens is 354 g/mol. The molecular formula is C23H27NO4. The van der Waals surface area contributed by atoms with Gasteiger partial charge in [-0.1, -0.05) is 54.6 Å². The summed E-state index contributed by atoms with van der Waals surface area (Å²) in [5.41, 5.74) is 3.25. The number of ether oxygens (including phenoxy) is 1. The molecule has 5 heteroatoms. The van der Waals surface area contributed by atoms with Gasteiger partial charge in [0.15, 0.2) is 0 Å². The van der Waals surface area contributed by atoms with Crippen molar-refractivity contribution in [2.24, 2.45) is 11.8 Å². The van der Waals surface area contributed by atoms with Gasteiger partial charge in [0.2, 0.25) is 5.91 Å². The molecule has 0 atom stereocenters. The van der Waals surface area contributed by atoms with Crippen LogP contribution in [-0.2, 0) is 34.1 Å². The van der Waals surface area contributed by atoms with Gasteiger partial charge in [-0.3, -0.25) is 9.59 Å². The molecule has 1 amide bonds. The molecule has 0 radical (unpaired) electrons. The van der Waals surface area contributed by atoms with Gasteiger partial charge in [0.1, 0.15) is 0 Å². The molecule has 0 aliphatic heterocycles. The molecule has 0 unspecified atom stereocenters. The van der Waals surface area contributed by atoms with Crippen LogP contribution in [0.5, 0.6) is 0 Å². The van der Waals surface area contributed by atoms with Crippen molar-refractivity contribution >= 4 is 11.9 Å². The summed E-state index contributed by atoms with van der Waals surface area (Å²) in [6.45, 7) is 1.57. The summed E-state index contributed by atoms with van der Waals surface area (Å²) >= 11 is 0. The summed E-state index contributed by atoms with van der Waals surface area (Å²) in [6, 6.07) is 18.1. The third kappa shape index (κ3) is 5.92. The number of rotatable bonds is 8. The van der Waals surface area contributed by atoms with Crippen LogP contribution in [-0.4, -0.2) is 17.0 Å². The zero-order valence-electron chi connectivity index (χ0n) is 16.0. The van der Waals surface area contributed by atoms with Crippen LogP contribution in [0.15, 0.2) is 54.6 Å². The Labute approximate surface area is 165 Å². The summed E-state index contributed by atoms with van der Waals surface area (Å²) in [7, 11) is 0. The van der Waals surface area contributed by atoms with Crippen LogP contribution in [0.25, 0.3) is 0 Å². The van der Waals surface area contributed by atoms with Gasteiger partial charge in [-0.2, -0.15) is 0 Å². The first-order valence-corrected chi connectivity index (χ1v) is 9.82. The molecule has 2 aromatic rings. The highest BCUT2D eigenvalue weighted by Gasteiger charge is 2.29. The summed E-state index contributed by atoms with van der Waals surface area (Å²) < 4.78 is 5.78. The monoisotopic (exact) mass is 381 g/mol. The van der Waals surface area contributed by atoms with Crippen LogP contribution in [0.2, 0.25) is 0 Å². The molecule has 28 heavy (non-hydrogen) atoms.